The second-order valence-corrected chi connectivity index (χ2v) is 4.76. The van der Waals surface area contributed by atoms with Gasteiger partial charge >= 0.3 is 6.18 Å². The van der Waals surface area contributed by atoms with E-state index in [0.29, 0.717) is 6.07 Å². The predicted molar refractivity (Wildman–Crippen MR) is 71.6 cm³/mol. The normalized spacial score (nSPS) is 11.5. The fourth-order valence-electron chi connectivity index (χ4n) is 1.77. The molecule has 8 heteroatoms. The Hall–Kier alpha value is -2.02. The zero-order chi connectivity index (χ0) is 16.5. The van der Waals surface area contributed by atoms with Crippen LogP contribution < -0.4 is 10.5 Å². The van der Waals surface area contributed by atoms with Crippen molar-refractivity contribution in [1.82, 2.24) is 0 Å². The van der Waals surface area contributed by atoms with E-state index in [1.165, 1.54) is 6.07 Å². The smallest absolute Gasteiger partial charge is 0.416 e. The minimum Gasteiger partial charge on any atom is -0.489 e. The minimum absolute atomic E-state index is 0.00593. The molecular weight excluding hydrogens is 329 g/mol. The summed E-state index contributed by atoms with van der Waals surface area (Å²) in [7, 11) is 0. The molecule has 0 fully saturated rings. The quantitative estimate of drug-likeness (QED) is 0.645. The molecule has 0 heterocycles. The Labute approximate surface area is 127 Å². The monoisotopic (exact) mass is 337 g/mol. The van der Waals surface area contributed by atoms with Crippen LogP contribution in [0.15, 0.2) is 30.3 Å². The van der Waals surface area contributed by atoms with Crippen molar-refractivity contribution in [3.8, 4) is 5.75 Å². The van der Waals surface area contributed by atoms with Crippen LogP contribution in [0.3, 0.4) is 0 Å². The summed E-state index contributed by atoms with van der Waals surface area (Å²) in [4.78, 5) is 0. The van der Waals surface area contributed by atoms with Crippen molar-refractivity contribution in [2.45, 2.75) is 12.8 Å². The van der Waals surface area contributed by atoms with Gasteiger partial charge in [-0.05, 0) is 24.3 Å². The number of ether oxygens (including phenoxy) is 1. The number of nitrogen functional groups attached to an aromatic ring is 1. The summed E-state index contributed by atoms with van der Waals surface area (Å²) in [6.45, 7) is -0.730. The zero-order valence-corrected chi connectivity index (χ0v) is 11.6. The summed E-state index contributed by atoms with van der Waals surface area (Å²) in [5.41, 5.74) is 3.15. The fourth-order valence-corrected chi connectivity index (χ4v) is 1.94. The number of anilines is 1. The molecule has 2 N–H and O–H groups in total. The topological polar surface area (TPSA) is 35.2 Å². The third kappa shape index (κ3) is 3.41. The lowest BCUT2D eigenvalue weighted by Gasteiger charge is -2.15. The molecule has 2 rings (SSSR count). The highest BCUT2D eigenvalue weighted by molar-refractivity contribution is 6.30. The average molecular weight is 338 g/mol. The molecule has 0 aliphatic heterocycles. The summed E-state index contributed by atoms with van der Waals surface area (Å²) in [5.74, 6) is -1.91. The molecular formula is C14H9ClF5NO. The number of halogens is 6. The Kier molecular flexibility index (Phi) is 4.46. The molecule has 0 atom stereocenters. The molecule has 0 aromatic heterocycles. The van der Waals surface area contributed by atoms with Crippen molar-refractivity contribution in [3.63, 3.8) is 0 Å². The van der Waals surface area contributed by atoms with Crippen molar-refractivity contribution in [1.29, 1.82) is 0 Å². The first-order valence-electron chi connectivity index (χ1n) is 5.92. The first-order valence-corrected chi connectivity index (χ1v) is 6.30. The number of hydrogen-bond donors (Lipinski definition) is 1. The number of alkyl halides is 3. The van der Waals surface area contributed by atoms with Gasteiger partial charge in [-0.1, -0.05) is 11.6 Å². The average Bonchev–Trinajstić information content (AvgIpc) is 2.42. The van der Waals surface area contributed by atoms with Crippen LogP contribution in [0.4, 0.5) is 27.6 Å². The van der Waals surface area contributed by atoms with Crippen LogP contribution in [0.1, 0.15) is 11.1 Å². The minimum atomic E-state index is -4.76. The zero-order valence-electron chi connectivity index (χ0n) is 10.8. The van der Waals surface area contributed by atoms with E-state index in [0.717, 1.165) is 18.2 Å². The summed E-state index contributed by atoms with van der Waals surface area (Å²) in [6, 6.07) is 4.73. The van der Waals surface area contributed by atoms with E-state index in [9.17, 15) is 22.0 Å². The maximum absolute atomic E-state index is 13.8. The summed E-state index contributed by atoms with van der Waals surface area (Å²) in [6.07, 6.45) is -4.76. The lowest BCUT2D eigenvalue weighted by atomic mass is 10.1. The van der Waals surface area contributed by atoms with Gasteiger partial charge in [-0.25, -0.2) is 8.78 Å². The number of nitrogens with two attached hydrogens (primary N) is 1. The molecule has 0 amide bonds. The van der Waals surface area contributed by atoms with E-state index in [2.05, 4.69) is 0 Å². The number of benzene rings is 2. The summed E-state index contributed by atoms with van der Waals surface area (Å²) in [5, 5.41) is -0.453. The highest BCUT2D eigenvalue weighted by Crippen LogP contribution is 2.35. The third-order valence-corrected chi connectivity index (χ3v) is 3.14. The lowest BCUT2D eigenvalue weighted by molar-refractivity contribution is -0.138. The van der Waals surface area contributed by atoms with Crippen LogP contribution in [0.5, 0.6) is 5.75 Å². The SMILES string of the molecule is Nc1cc(OCc2c(C(F)(F)F)ccc(Cl)c2F)ccc1F. The Morgan fingerprint density at radius 1 is 1.09 bits per heavy atom. The third-order valence-electron chi connectivity index (χ3n) is 2.85. The Morgan fingerprint density at radius 2 is 1.77 bits per heavy atom. The van der Waals surface area contributed by atoms with Gasteiger partial charge in [0.2, 0.25) is 0 Å². The molecule has 0 unspecified atom stereocenters. The summed E-state index contributed by atoms with van der Waals surface area (Å²) < 4.78 is 70.5. The van der Waals surface area contributed by atoms with Gasteiger partial charge in [0.15, 0.2) is 0 Å². The van der Waals surface area contributed by atoms with E-state index in [4.69, 9.17) is 22.1 Å². The molecule has 0 aliphatic rings. The molecule has 0 bridgehead atoms. The first-order chi connectivity index (χ1) is 10.2. The van der Waals surface area contributed by atoms with Crippen molar-refractivity contribution in [2.24, 2.45) is 0 Å². The molecule has 2 aromatic carbocycles. The van der Waals surface area contributed by atoms with Crippen LogP contribution in [-0.4, -0.2) is 0 Å². The van der Waals surface area contributed by atoms with Gasteiger partial charge in [0.1, 0.15) is 24.0 Å². The van der Waals surface area contributed by atoms with Gasteiger partial charge in [-0.2, -0.15) is 13.2 Å². The molecule has 0 saturated heterocycles. The van der Waals surface area contributed by atoms with Crippen LogP contribution in [0.25, 0.3) is 0 Å². The van der Waals surface area contributed by atoms with Crippen LogP contribution in [0, 0.1) is 11.6 Å². The van der Waals surface area contributed by atoms with E-state index in [-0.39, 0.29) is 11.4 Å². The molecule has 0 aliphatic carbocycles. The Balaban J connectivity index is 2.32. The number of rotatable bonds is 3. The second kappa shape index (κ2) is 6.00. The van der Waals surface area contributed by atoms with E-state index >= 15 is 0 Å². The fraction of sp³-hybridized carbons (Fsp3) is 0.143. The molecule has 2 aromatic rings. The van der Waals surface area contributed by atoms with E-state index < -0.39 is 40.6 Å². The number of hydrogen-bond acceptors (Lipinski definition) is 2. The van der Waals surface area contributed by atoms with Crippen molar-refractivity contribution in [2.75, 3.05) is 5.73 Å². The van der Waals surface area contributed by atoms with Gasteiger partial charge in [-0.15, -0.1) is 0 Å². The standard InChI is InChI=1S/C14H9ClF5NO/c15-10-3-2-9(14(18,19)20)8(13(10)17)6-22-7-1-4-11(16)12(21)5-7/h1-5H,6,21H2. The van der Waals surface area contributed by atoms with E-state index in [1.54, 1.807) is 0 Å². The van der Waals surface area contributed by atoms with Gasteiger partial charge in [-0.3, -0.25) is 0 Å². The van der Waals surface area contributed by atoms with Gasteiger partial charge in [0.25, 0.3) is 0 Å². The van der Waals surface area contributed by atoms with Gasteiger partial charge in [0.05, 0.1) is 16.3 Å². The van der Waals surface area contributed by atoms with Crippen LogP contribution >= 0.6 is 11.6 Å². The molecule has 0 radical (unpaired) electrons. The summed E-state index contributed by atoms with van der Waals surface area (Å²) >= 11 is 5.50. The van der Waals surface area contributed by atoms with Gasteiger partial charge in [0, 0.05) is 11.6 Å². The molecule has 22 heavy (non-hydrogen) atoms. The highest BCUT2D eigenvalue weighted by Gasteiger charge is 2.35. The molecule has 0 spiro atoms. The maximum atomic E-state index is 13.8. The van der Waals surface area contributed by atoms with Crippen molar-refractivity contribution >= 4 is 17.3 Å². The van der Waals surface area contributed by atoms with Crippen LogP contribution in [0.2, 0.25) is 5.02 Å². The molecule has 0 saturated carbocycles. The maximum Gasteiger partial charge on any atom is 0.416 e. The molecule has 2 nitrogen and oxygen atoms in total. The Morgan fingerprint density at radius 3 is 2.36 bits per heavy atom. The first kappa shape index (κ1) is 16.4. The second-order valence-electron chi connectivity index (χ2n) is 4.36. The van der Waals surface area contributed by atoms with Crippen LogP contribution in [-0.2, 0) is 12.8 Å². The van der Waals surface area contributed by atoms with Crippen molar-refractivity contribution < 1.29 is 26.7 Å². The largest absolute Gasteiger partial charge is 0.489 e. The Bertz CT molecular complexity index is 702. The van der Waals surface area contributed by atoms with E-state index in [1.807, 2.05) is 0 Å². The van der Waals surface area contributed by atoms with Crippen molar-refractivity contribution in [3.05, 3.63) is 58.1 Å². The molecule has 118 valence electrons. The highest BCUT2D eigenvalue weighted by atomic mass is 35.5. The lowest BCUT2D eigenvalue weighted by Crippen LogP contribution is -2.13. The predicted octanol–water partition coefficient (Wildman–Crippen LogP) is 4.80. The van der Waals surface area contributed by atoms with Gasteiger partial charge < -0.3 is 10.5 Å².